The minimum absolute atomic E-state index is 0.735. The molecule has 0 spiro atoms. The minimum atomic E-state index is 0.735. The predicted octanol–water partition coefficient (Wildman–Crippen LogP) is 2.05. The molecule has 1 aliphatic rings. The Hall–Kier alpha value is -2.81. The molecule has 24 heavy (non-hydrogen) atoms. The summed E-state index contributed by atoms with van der Waals surface area (Å²) in [6.45, 7) is 5.50. The van der Waals surface area contributed by atoms with Gasteiger partial charge in [0, 0.05) is 52.0 Å². The highest BCUT2D eigenvalue weighted by atomic mass is 15.3. The summed E-state index contributed by atoms with van der Waals surface area (Å²) >= 11 is 0. The van der Waals surface area contributed by atoms with Crippen molar-refractivity contribution in [3.8, 4) is 6.07 Å². The van der Waals surface area contributed by atoms with Crippen molar-refractivity contribution in [2.75, 3.05) is 55.0 Å². The van der Waals surface area contributed by atoms with E-state index >= 15 is 0 Å². The number of nitrogens with zero attached hydrogens (tertiary/aromatic N) is 6. The molecular formula is C18H22N6. The van der Waals surface area contributed by atoms with E-state index in [0.29, 0.717) is 0 Å². The predicted molar refractivity (Wildman–Crippen MR) is 96.7 cm³/mol. The van der Waals surface area contributed by atoms with E-state index in [2.05, 4.69) is 25.8 Å². The molecule has 1 fully saturated rings. The third kappa shape index (κ3) is 3.25. The van der Waals surface area contributed by atoms with Crippen LogP contribution < -0.4 is 14.7 Å². The Labute approximate surface area is 143 Å². The van der Waals surface area contributed by atoms with Crippen LogP contribution in [0.2, 0.25) is 0 Å². The highest BCUT2D eigenvalue weighted by Gasteiger charge is 2.21. The maximum absolute atomic E-state index is 9.28. The molecule has 2 aromatic rings. The van der Waals surface area contributed by atoms with Gasteiger partial charge in [-0.1, -0.05) is 12.1 Å². The lowest BCUT2D eigenvalue weighted by molar-refractivity contribution is 0.645. The molecule has 1 saturated heterocycles. The van der Waals surface area contributed by atoms with Gasteiger partial charge in [0.25, 0.3) is 0 Å². The van der Waals surface area contributed by atoms with Gasteiger partial charge in [-0.25, -0.2) is 4.98 Å². The average Bonchev–Trinajstić information content (AvgIpc) is 2.61. The van der Waals surface area contributed by atoms with Crippen molar-refractivity contribution in [2.24, 2.45) is 0 Å². The summed E-state index contributed by atoms with van der Waals surface area (Å²) < 4.78 is 0. The molecule has 1 aromatic carbocycles. The van der Waals surface area contributed by atoms with Crippen molar-refractivity contribution in [3.63, 3.8) is 0 Å². The van der Waals surface area contributed by atoms with Gasteiger partial charge in [0.15, 0.2) is 0 Å². The summed E-state index contributed by atoms with van der Waals surface area (Å²) in [5.74, 6) is 1.71. The van der Waals surface area contributed by atoms with E-state index in [1.807, 2.05) is 56.3 Å². The first-order valence-electron chi connectivity index (χ1n) is 8.10. The third-order valence-corrected chi connectivity index (χ3v) is 4.20. The highest BCUT2D eigenvalue weighted by Crippen LogP contribution is 2.23. The number of aryl methyl sites for hydroxylation is 1. The van der Waals surface area contributed by atoms with Crippen LogP contribution in [0.4, 0.5) is 17.5 Å². The zero-order valence-electron chi connectivity index (χ0n) is 14.4. The third-order valence-electron chi connectivity index (χ3n) is 4.20. The van der Waals surface area contributed by atoms with Crippen LogP contribution in [0.3, 0.4) is 0 Å². The molecule has 0 N–H and O–H groups in total. The van der Waals surface area contributed by atoms with E-state index in [9.17, 15) is 5.26 Å². The molecule has 0 amide bonds. The zero-order chi connectivity index (χ0) is 17.1. The molecule has 3 rings (SSSR count). The smallest absolute Gasteiger partial charge is 0.226 e. The van der Waals surface area contributed by atoms with Crippen molar-refractivity contribution in [1.29, 1.82) is 5.26 Å². The summed E-state index contributed by atoms with van der Waals surface area (Å²) in [6.07, 6.45) is 0. The SMILES string of the molecule is Cc1cc(N2CCN(c3ccccc3C#N)CC2)nc(N(C)C)n1. The molecule has 1 aliphatic heterocycles. The van der Waals surface area contributed by atoms with Crippen LogP contribution >= 0.6 is 0 Å². The van der Waals surface area contributed by atoms with Gasteiger partial charge in [0.2, 0.25) is 5.95 Å². The molecule has 6 heteroatoms. The number of rotatable bonds is 3. The number of hydrogen-bond donors (Lipinski definition) is 0. The lowest BCUT2D eigenvalue weighted by Crippen LogP contribution is -2.47. The van der Waals surface area contributed by atoms with Crippen molar-refractivity contribution in [3.05, 3.63) is 41.6 Å². The molecule has 0 unspecified atom stereocenters. The van der Waals surface area contributed by atoms with Crippen LogP contribution in [0.1, 0.15) is 11.3 Å². The maximum Gasteiger partial charge on any atom is 0.226 e. The van der Waals surface area contributed by atoms with Gasteiger partial charge in [-0.05, 0) is 19.1 Å². The first-order chi connectivity index (χ1) is 11.6. The van der Waals surface area contributed by atoms with Crippen LogP contribution in [0, 0.1) is 18.3 Å². The molecule has 1 aromatic heterocycles. The lowest BCUT2D eigenvalue weighted by Gasteiger charge is -2.37. The molecule has 124 valence electrons. The van der Waals surface area contributed by atoms with Crippen LogP contribution in [-0.2, 0) is 0 Å². The number of anilines is 3. The second kappa shape index (κ2) is 6.75. The Balaban J connectivity index is 1.75. The van der Waals surface area contributed by atoms with Crippen LogP contribution in [0.15, 0.2) is 30.3 Å². The summed E-state index contributed by atoms with van der Waals surface area (Å²) in [6, 6.07) is 12.1. The fourth-order valence-corrected chi connectivity index (χ4v) is 2.92. The number of para-hydroxylation sites is 1. The summed E-state index contributed by atoms with van der Waals surface area (Å²) in [7, 11) is 3.91. The monoisotopic (exact) mass is 322 g/mol. The van der Waals surface area contributed by atoms with Crippen LogP contribution in [0.25, 0.3) is 0 Å². The van der Waals surface area contributed by atoms with E-state index in [-0.39, 0.29) is 0 Å². The summed E-state index contributed by atoms with van der Waals surface area (Å²) in [5, 5.41) is 9.28. The second-order valence-electron chi connectivity index (χ2n) is 6.17. The second-order valence-corrected chi connectivity index (χ2v) is 6.17. The van der Waals surface area contributed by atoms with Gasteiger partial charge >= 0.3 is 0 Å². The first kappa shape index (κ1) is 16.1. The molecule has 2 heterocycles. The van der Waals surface area contributed by atoms with Gasteiger partial charge in [-0.15, -0.1) is 0 Å². The normalized spacial score (nSPS) is 14.4. The van der Waals surface area contributed by atoms with Crippen molar-refractivity contribution in [2.45, 2.75) is 6.92 Å². The highest BCUT2D eigenvalue weighted by molar-refractivity contribution is 5.60. The van der Waals surface area contributed by atoms with Crippen molar-refractivity contribution >= 4 is 17.5 Å². The maximum atomic E-state index is 9.28. The molecule has 0 aliphatic carbocycles. The van der Waals surface area contributed by atoms with E-state index in [4.69, 9.17) is 0 Å². The van der Waals surface area contributed by atoms with Crippen molar-refractivity contribution in [1.82, 2.24) is 9.97 Å². The molecule has 0 bridgehead atoms. The number of hydrogen-bond acceptors (Lipinski definition) is 6. The Morgan fingerprint density at radius 1 is 1.04 bits per heavy atom. The fraction of sp³-hybridized carbons (Fsp3) is 0.389. The summed E-state index contributed by atoms with van der Waals surface area (Å²) in [4.78, 5) is 15.6. The van der Waals surface area contributed by atoms with E-state index in [1.165, 1.54) is 0 Å². The standard InChI is InChI=1S/C18H22N6/c1-14-12-17(21-18(20-14)22(2)3)24-10-8-23(9-11-24)16-7-5-4-6-15(16)13-19/h4-7,12H,8-11H2,1-3H3. The van der Waals surface area contributed by atoms with E-state index in [0.717, 1.165) is 54.9 Å². The number of benzene rings is 1. The Morgan fingerprint density at radius 2 is 1.71 bits per heavy atom. The zero-order valence-corrected chi connectivity index (χ0v) is 14.4. The number of aromatic nitrogens is 2. The Morgan fingerprint density at radius 3 is 2.38 bits per heavy atom. The molecule has 0 radical (unpaired) electrons. The quantitative estimate of drug-likeness (QED) is 0.862. The van der Waals surface area contributed by atoms with E-state index in [1.54, 1.807) is 0 Å². The van der Waals surface area contributed by atoms with Crippen molar-refractivity contribution < 1.29 is 0 Å². The van der Waals surface area contributed by atoms with Gasteiger partial charge in [0.1, 0.15) is 11.9 Å². The number of piperazine rings is 1. The van der Waals surface area contributed by atoms with Crippen LogP contribution in [0.5, 0.6) is 0 Å². The van der Waals surface area contributed by atoms with E-state index < -0.39 is 0 Å². The molecule has 0 saturated carbocycles. The molecule has 6 nitrogen and oxygen atoms in total. The molecule has 0 atom stereocenters. The first-order valence-corrected chi connectivity index (χ1v) is 8.10. The Kier molecular flexibility index (Phi) is 4.52. The lowest BCUT2D eigenvalue weighted by atomic mass is 10.1. The summed E-state index contributed by atoms with van der Waals surface area (Å²) in [5.41, 5.74) is 2.73. The van der Waals surface area contributed by atoms with Gasteiger partial charge in [0.05, 0.1) is 11.3 Å². The van der Waals surface area contributed by atoms with Gasteiger partial charge in [-0.3, -0.25) is 0 Å². The molecular weight excluding hydrogens is 300 g/mol. The fourth-order valence-electron chi connectivity index (χ4n) is 2.92. The average molecular weight is 322 g/mol. The largest absolute Gasteiger partial charge is 0.367 e. The van der Waals surface area contributed by atoms with Crippen LogP contribution in [-0.4, -0.2) is 50.2 Å². The topological polar surface area (TPSA) is 59.3 Å². The number of nitriles is 1. The van der Waals surface area contributed by atoms with Gasteiger partial charge in [-0.2, -0.15) is 10.2 Å². The minimum Gasteiger partial charge on any atom is -0.367 e. The van der Waals surface area contributed by atoms with Gasteiger partial charge < -0.3 is 14.7 Å². The Bertz CT molecular complexity index is 756.